The third-order valence-electron chi connectivity index (χ3n) is 5.47. The van der Waals surface area contributed by atoms with Crippen molar-refractivity contribution in [2.75, 3.05) is 18.8 Å². The Hall–Kier alpha value is -1.89. The summed E-state index contributed by atoms with van der Waals surface area (Å²) in [6.45, 7) is 1.74. The van der Waals surface area contributed by atoms with Crippen LogP contribution in [0.5, 0.6) is 0 Å². The molecule has 0 radical (unpaired) electrons. The predicted octanol–water partition coefficient (Wildman–Crippen LogP) is 4.01. The number of fused-ring (bicyclic) bond motifs is 1. The molecule has 26 heavy (non-hydrogen) atoms. The molecule has 2 aliphatic rings. The van der Waals surface area contributed by atoms with Gasteiger partial charge in [0.15, 0.2) is 0 Å². The molecule has 1 saturated carbocycles. The van der Waals surface area contributed by atoms with Crippen LogP contribution in [0.2, 0.25) is 0 Å². The van der Waals surface area contributed by atoms with E-state index < -0.39 is 5.82 Å². The third kappa shape index (κ3) is 3.77. The van der Waals surface area contributed by atoms with Crippen LogP contribution in [0.1, 0.15) is 32.1 Å². The van der Waals surface area contributed by atoms with Gasteiger partial charge in [0.05, 0.1) is 11.3 Å². The Morgan fingerprint density at radius 2 is 2.00 bits per heavy atom. The van der Waals surface area contributed by atoms with Crippen LogP contribution in [0.3, 0.4) is 0 Å². The van der Waals surface area contributed by atoms with Crippen LogP contribution in [-0.2, 0) is 4.79 Å². The van der Waals surface area contributed by atoms with Crippen molar-refractivity contribution in [2.24, 2.45) is 11.8 Å². The van der Waals surface area contributed by atoms with E-state index in [4.69, 9.17) is 4.42 Å². The number of carbonyl (C=O) groups is 1. The topological polar surface area (TPSA) is 59.2 Å². The van der Waals surface area contributed by atoms with Gasteiger partial charge in [-0.05, 0) is 36.8 Å². The van der Waals surface area contributed by atoms with Gasteiger partial charge in [-0.25, -0.2) is 4.39 Å². The maximum Gasteiger partial charge on any atom is 0.277 e. The first-order valence-corrected chi connectivity index (χ1v) is 10.2. The van der Waals surface area contributed by atoms with Crippen molar-refractivity contribution in [1.29, 1.82) is 0 Å². The van der Waals surface area contributed by atoms with Crippen molar-refractivity contribution in [1.82, 2.24) is 15.1 Å². The highest BCUT2D eigenvalue weighted by molar-refractivity contribution is 7.99. The van der Waals surface area contributed by atoms with Gasteiger partial charge in [0.2, 0.25) is 5.91 Å². The molecule has 1 aliphatic heterocycles. The number of carbonyl (C=O) groups excluding carboxylic acids is 1. The van der Waals surface area contributed by atoms with Crippen molar-refractivity contribution >= 4 is 17.7 Å². The average Bonchev–Trinajstić information content (AvgIpc) is 3.15. The zero-order valence-electron chi connectivity index (χ0n) is 14.6. The molecule has 2 heterocycles. The van der Waals surface area contributed by atoms with Crippen LogP contribution in [0, 0.1) is 17.7 Å². The maximum absolute atomic E-state index is 13.8. The molecular weight excluding hydrogens is 353 g/mol. The van der Waals surface area contributed by atoms with E-state index in [0.29, 0.717) is 11.1 Å². The second-order valence-electron chi connectivity index (χ2n) is 7.07. The molecule has 7 heteroatoms. The number of rotatable bonds is 4. The second kappa shape index (κ2) is 7.78. The van der Waals surface area contributed by atoms with Crippen LogP contribution in [0.15, 0.2) is 33.9 Å². The first kappa shape index (κ1) is 17.5. The number of piperidine rings is 1. The van der Waals surface area contributed by atoms with E-state index in [2.05, 4.69) is 10.2 Å². The number of aromatic nitrogens is 2. The molecule has 1 aromatic carbocycles. The fraction of sp³-hybridized carbons (Fsp3) is 0.526. The lowest BCUT2D eigenvalue weighted by Gasteiger charge is -2.41. The molecule has 1 saturated heterocycles. The van der Waals surface area contributed by atoms with Gasteiger partial charge in [-0.15, -0.1) is 10.2 Å². The van der Waals surface area contributed by atoms with Crippen LogP contribution in [0.4, 0.5) is 4.39 Å². The zero-order valence-corrected chi connectivity index (χ0v) is 15.4. The fourth-order valence-electron chi connectivity index (χ4n) is 4.05. The number of likely N-dealkylation sites (tertiary alicyclic amines) is 1. The SMILES string of the molecule is O=C(CSc1nnc(-c2ccccc2F)o1)N1CC[C@H]2CCCC[C@H]2C1. The highest BCUT2D eigenvalue weighted by Gasteiger charge is 2.32. The Morgan fingerprint density at radius 3 is 2.85 bits per heavy atom. The number of nitrogens with zero attached hydrogens (tertiary/aromatic N) is 3. The van der Waals surface area contributed by atoms with Crippen molar-refractivity contribution in [3.05, 3.63) is 30.1 Å². The predicted molar refractivity (Wildman–Crippen MR) is 97.1 cm³/mol. The number of halogens is 1. The van der Waals surface area contributed by atoms with E-state index in [0.717, 1.165) is 25.4 Å². The van der Waals surface area contributed by atoms with Crippen LogP contribution in [0.25, 0.3) is 11.5 Å². The maximum atomic E-state index is 13.8. The minimum absolute atomic E-state index is 0.115. The summed E-state index contributed by atoms with van der Waals surface area (Å²) in [5, 5.41) is 8.11. The molecule has 0 spiro atoms. The molecule has 2 atom stereocenters. The molecule has 0 N–H and O–H groups in total. The van der Waals surface area contributed by atoms with Crippen LogP contribution < -0.4 is 0 Å². The van der Waals surface area contributed by atoms with E-state index >= 15 is 0 Å². The zero-order chi connectivity index (χ0) is 17.9. The Bertz CT molecular complexity index is 782. The lowest BCUT2D eigenvalue weighted by atomic mass is 9.75. The third-order valence-corrected chi connectivity index (χ3v) is 6.28. The summed E-state index contributed by atoms with van der Waals surface area (Å²) in [7, 11) is 0. The van der Waals surface area contributed by atoms with Crippen LogP contribution in [-0.4, -0.2) is 39.8 Å². The van der Waals surface area contributed by atoms with Gasteiger partial charge >= 0.3 is 0 Å². The van der Waals surface area contributed by atoms with Gasteiger partial charge in [0, 0.05) is 13.1 Å². The van der Waals surface area contributed by atoms with E-state index in [-0.39, 0.29) is 23.1 Å². The Balaban J connectivity index is 1.33. The fourth-order valence-corrected chi connectivity index (χ4v) is 4.72. The molecule has 0 unspecified atom stereocenters. The van der Waals surface area contributed by atoms with Gasteiger partial charge in [0.25, 0.3) is 11.1 Å². The van der Waals surface area contributed by atoms with E-state index in [1.54, 1.807) is 18.2 Å². The second-order valence-corrected chi connectivity index (χ2v) is 8.00. The molecule has 5 nitrogen and oxygen atoms in total. The largest absolute Gasteiger partial charge is 0.411 e. The number of hydrogen-bond acceptors (Lipinski definition) is 5. The first-order chi connectivity index (χ1) is 12.7. The summed E-state index contributed by atoms with van der Waals surface area (Å²) in [4.78, 5) is 14.5. The van der Waals surface area contributed by atoms with Gasteiger partial charge in [0.1, 0.15) is 5.82 Å². The van der Waals surface area contributed by atoms with Crippen molar-refractivity contribution in [3.8, 4) is 11.5 Å². The van der Waals surface area contributed by atoms with Crippen LogP contribution >= 0.6 is 11.8 Å². The summed E-state index contributed by atoms with van der Waals surface area (Å²) >= 11 is 1.22. The molecule has 1 amide bonds. The molecule has 138 valence electrons. The number of thioether (sulfide) groups is 1. The lowest BCUT2D eigenvalue weighted by Crippen LogP contribution is -2.45. The average molecular weight is 375 g/mol. The Morgan fingerprint density at radius 1 is 1.19 bits per heavy atom. The number of amides is 1. The summed E-state index contributed by atoms with van der Waals surface area (Å²) in [5.41, 5.74) is 0.276. The number of hydrogen-bond donors (Lipinski definition) is 0. The van der Waals surface area contributed by atoms with Crippen molar-refractivity contribution < 1.29 is 13.6 Å². The molecular formula is C19H22FN3O2S. The summed E-state index contributed by atoms with van der Waals surface area (Å²) in [5.74, 6) is 1.60. The summed E-state index contributed by atoms with van der Waals surface area (Å²) in [6.07, 6.45) is 6.32. The van der Waals surface area contributed by atoms with Gasteiger partial charge in [-0.1, -0.05) is 43.2 Å². The van der Waals surface area contributed by atoms with Crippen molar-refractivity contribution in [2.45, 2.75) is 37.3 Å². The van der Waals surface area contributed by atoms with E-state index in [9.17, 15) is 9.18 Å². The molecule has 1 aromatic heterocycles. The molecule has 2 fully saturated rings. The quantitative estimate of drug-likeness (QED) is 0.756. The summed E-state index contributed by atoms with van der Waals surface area (Å²) in [6, 6.07) is 6.27. The highest BCUT2D eigenvalue weighted by atomic mass is 32.2. The monoisotopic (exact) mass is 375 g/mol. The smallest absolute Gasteiger partial charge is 0.277 e. The van der Waals surface area contributed by atoms with Gasteiger partial charge in [-0.3, -0.25) is 4.79 Å². The molecule has 2 aromatic rings. The molecule has 0 bridgehead atoms. The lowest BCUT2D eigenvalue weighted by molar-refractivity contribution is -0.131. The van der Waals surface area contributed by atoms with E-state index in [1.807, 2.05) is 4.90 Å². The normalized spacial score (nSPS) is 22.9. The summed E-state index contributed by atoms with van der Waals surface area (Å²) < 4.78 is 19.3. The Labute approximate surface area is 156 Å². The first-order valence-electron chi connectivity index (χ1n) is 9.19. The standard InChI is InChI=1S/C19H22FN3O2S/c20-16-8-4-3-7-15(16)18-21-22-19(25-18)26-12-17(24)23-10-9-13-5-1-2-6-14(13)11-23/h3-4,7-8,13-14H,1-2,5-6,9-12H2/t13-,14+/m1/s1. The van der Waals surface area contributed by atoms with Gasteiger partial charge < -0.3 is 9.32 Å². The molecule has 4 rings (SSSR count). The molecule has 1 aliphatic carbocycles. The van der Waals surface area contributed by atoms with E-state index in [1.165, 1.54) is 43.5 Å². The minimum atomic E-state index is -0.404. The van der Waals surface area contributed by atoms with Gasteiger partial charge in [-0.2, -0.15) is 0 Å². The minimum Gasteiger partial charge on any atom is -0.411 e. The highest BCUT2D eigenvalue weighted by Crippen LogP contribution is 2.36. The Kier molecular flexibility index (Phi) is 5.24. The van der Waals surface area contributed by atoms with Crippen molar-refractivity contribution in [3.63, 3.8) is 0 Å². The number of benzene rings is 1.